The van der Waals surface area contributed by atoms with Crippen molar-refractivity contribution in [2.45, 2.75) is 0 Å². The first-order valence-electron chi connectivity index (χ1n) is 0. The summed E-state index contributed by atoms with van der Waals surface area (Å²) in [5.41, 5.74) is 0. The first-order chi connectivity index (χ1) is 0. The van der Waals surface area contributed by atoms with Crippen molar-refractivity contribution in [2.24, 2.45) is 0 Å². The molecule has 0 rings (SSSR count). The molecule has 0 radical (unpaired) electrons. The van der Waals surface area contributed by atoms with Crippen LogP contribution in [0.4, 0.5) is 0 Å². The minimum atomic E-state index is 0. The molecule has 0 bridgehead atoms. The first-order valence-corrected chi connectivity index (χ1v) is 0. The molecule has 0 saturated heterocycles. The van der Waals surface area contributed by atoms with Gasteiger partial charge in [0.05, 0.1) is 0 Å². The van der Waals surface area contributed by atoms with Gasteiger partial charge in [0.2, 0.25) is 0 Å². The zero-order valence-electron chi connectivity index (χ0n) is 3.12. The zero-order valence-corrected chi connectivity index (χ0v) is 3.80. The molecule has 0 atom stereocenters. The molecule has 0 aliphatic carbocycles. The minimum absolute atomic E-state index is 0. The second-order valence-corrected chi connectivity index (χ2v) is 0. The third-order valence-electron chi connectivity index (χ3n) is 0. The van der Waals surface area contributed by atoms with Crippen LogP contribution in [0.25, 0.3) is 0 Å². The summed E-state index contributed by atoms with van der Waals surface area (Å²) in [6, 6.07) is 0. The van der Waals surface area contributed by atoms with Gasteiger partial charge in [0, 0.05) is 17.4 Å². The fourth-order valence-electron chi connectivity index (χ4n) is 0. The van der Waals surface area contributed by atoms with Gasteiger partial charge in [-0.15, -0.1) is 0 Å². The largest absolute Gasteiger partial charge is 2.00 e. The van der Waals surface area contributed by atoms with Gasteiger partial charge in [0.25, 0.3) is 0 Å². The summed E-state index contributed by atoms with van der Waals surface area (Å²) in [5.74, 6) is 0. The molecular formula is H9AlCrMgSi. The topological polar surface area (TPSA) is 0 Å². The Morgan fingerprint density at radius 3 is 1.25 bits per heavy atom. The molecule has 4 heteroatoms. The molecule has 0 spiro atoms. The standard InChI is InChI=1S/Al.Cr.Mg.H4Si.5H/h;;;1H4;;;;;/q;;+2;;;;;2*-1. The van der Waals surface area contributed by atoms with Crippen molar-refractivity contribution in [1.29, 1.82) is 0 Å². The Labute approximate surface area is 71.1 Å². The van der Waals surface area contributed by atoms with E-state index in [9.17, 15) is 0 Å². The molecule has 0 fully saturated rings. The SMILES string of the molecule is [AlH3].[Cr].[H-].[H-].[Mg+2].[SiH4]. The van der Waals surface area contributed by atoms with Gasteiger partial charge >= 0.3 is 23.1 Å². The van der Waals surface area contributed by atoms with E-state index < -0.39 is 0 Å². The van der Waals surface area contributed by atoms with Crippen LogP contribution in [0, 0.1) is 0 Å². The number of hydrogen-bond acceptors (Lipinski definition) is 0. The molecule has 0 heterocycles. The maximum Gasteiger partial charge on any atom is 2.00 e. The van der Waals surface area contributed by atoms with Gasteiger partial charge in [0.1, 0.15) is 0 Å². The summed E-state index contributed by atoms with van der Waals surface area (Å²) < 4.78 is 0. The summed E-state index contributed by atoms with van der Waals surface area (Å²) >= 11 is 0. The third kappa shape index (κ3) is 8.97. The molecule has 0 aromatic heterocycles. The summed E-state index contributed by atoms with van der Waals surface area (Å²) in [6.45, 7) is 0. The predicted molar refractivity (Wildman–Crippen MR) is 29.3 cm³/mol. The van der Waals surface area contributed by atoms with E-state index in [1.165, 1.54) is 0 Å². The van der Waals surface area contributed by atoms with Crippen LogP contribution in [0.5, 0.6) is 0 Å². The fourth-order valence-corrected chi connectivity index (χ4v) is 0. The van der Waals surface area contributed by atoms with Crippen LogP contribution < -0.4 is 0 Å². The van der Waals surface area contributed by atoms with Gasteiger partial charge in [0.15, 0.2) is 17.4 Å². The van der Waals surface area contributed by atoms with Crippen molar-refractivity contribution >= 4 is 51.4 Å². The van der Waals surface area contributed by atoms with Gasteiger partial charge < -0.3 is 2.85 Å². The summed E-state index contributed by atoms with van der Waals surface area (Å²) in [6.07, 6.45) is 0. The molecule has 0 aliphatic rings. The molecular weight excluding hydrogens is 131 g/mol. The minimum Gasteiger partial charge on any atom is -1.00 e. The Bertz CT molecular complexity index is 13.5. The molecule has 0 unspecified atom stereocenters. The number of rotatable bonds is 0. The van der Waals surface area contributed by atoms with Crippen LogP contribution in [0.1, 0.15) is 2.85 Å². The van der Waals surface area contributed by atoms with Crippen molar-refractivity contribution in [3.63, 3.8) is 0 Å². The van der Waals surface area contributed by atoms with E-state index in [4.69, 9.17) is 0 Å². The Hall–Kier alpha value is 2.05. The van der Waals surface area contributed by atoms with Gasteiger partial charge in [-0.25, -0.2) is 0 Å². The second-order valence-electron chi connectivity index (χ2n) is 0. The molecule has 0 N–H and O–H groups in total. The van der Waals surface area contributed by atoms with Crippen LogP contribution >= 0.6 is 0 Å². The van der Waals surface area contributed by atoms with E-state index in [1.54, 1.807) is 0 Å². The van der Waals surface area contributed by atoms with Crippen LogP contribution in [-0.2, 0) is 17.4 Å². The maximum absolute atomic E-state index is 0. The molecule has 0 aromatic carbocycles. The molecule has 0 aliphatic heterocycles. The Morgan fingerprint density at radius 1 is 1.25 bits per heavy atom. The number of hydrogen-bond donors (Lipinski definition) is 0. The molecule has 24 valence electrons. The first kappa shape index (κ1) is 36.7. The zero-order chi connectivity index (χ0) is 0. The summed E-state index contributed by atoms with van der Waals surface area (Å²) in [5, 5.41) is 0. The molecule has 0 nitrogen and oxygen atoms in total. The monoisotopic (exact) mass is 140 g/mol. The smallest absolute Gasteiger partial charge is 1.00 e. The van der Waals surface area contributed by atoms with E-state index in [1.807, 2.05) is 0 Å². The Morgan fingerprint density at radius 2 is 1.25 bits per heavy atom. The normalized spacial score (nSPS) is 0. The van der Waals surface area contributed by atoms with Crippen LogP contribution in [-0.4, -0.2) is 51.4 Å². The average molecular weight is 140 g/mol. The van der Waals surface area contributed by atoms with E-state index in [2.05, 4.69) is 0 Å². The summed E-state index contributed by atoms with van der Waals surface area (Å²) in [7, 11) is 0. The van der Waals surface area contributed by atoms with Crippen molar-refractivity contribution in [3.8, 4) is 0 Å². The van der Waals surface area contributed by atoms with E-state index in [0.717, 1.165) is 0 Å². The van der Waals surface area contributed by atoms with Crippen molar-refractivity contribution in [3.05, 3.63) is 0 Å². The Kier molecular flexibility index (Phi) is 181. The van der Waals surface area contributed by atoms with E-state index in [-0.39, 0.29) is 71.6 Å². The van der Waals surface area contributed by atoms with Crippen molar-refractivity contribution < 1.29 is 20.2 Å². The van der Waals surface area contributed by atoms with Gasteiger partial charge in [-0.3, -0.25) is 0 Å². The molecule has 0 aromatic rings. The molecule has 0 saturated carbocycles. The average Bonchev–Trinajstić information content (AvgIpc) is 0. The van der Waals surface area contributed by atoms with Crippen molar-refractivity contribution in [1.82, 2.24) is 0 Å². The van der Waals surface area contributed by atoms with Crippen molar-refractivity contribution in [2.75, 3.05) is 0 Å². The van der Waals surface area contributed by atoms with Gasteiger partial charge in [-0.2, -0.15) is 0 Å². The van der Waals surface area contributed by atoms with Crippen LogP contribution in [0.3, 0.4) is 0 Å². The quantitative estimate of drug-likeness (QED) is 0.319. The van der Waals surface area contributed by atoms with Gasteiger partial charge in [-0.1, -0.05) is 0 Å². The third-order valence-corrected chi connectivity index (χ3v) is 0. The van der Waals surface area contributed by atoms with Crippen LogP contribution in [0.15, 0.2) is 0 Å². The van der Waals surface area contributed by atoms with Crippen LogP contribution in [0.2, 0.25) is 0 Å². The summed E-state index contributed by atoms with van der Waals surface area (Å²) in [4.78, 5) is 0. The maximum atomic E-state index is 0. The predicted octanol–water partition coefficient (Wildman–Crippen LogP) is -2.79. The van der Waals surface area contributed by atoms with Gasteiger partial charge in [-0.05, 0) is 11.0 Å². The van der Waals surface area contributed by atoms with E-state index >= 15 is 0 Å². The molecule has 4 heavy (non-hydrogen) atoms. The Balaban J connectivity index is 0. The molecule has 0 amide bonds. The fraction of sp³-hybridized carbons (Fsp3) is 0. The van der Waals surface area contributed by atoms with E-state index in [0.29, 0.717) is 0 Å². The second kappa shape index (κ2) is 19.7.